The van der Waals surface area contributed by atoms with Crippen LogP contribution in [0.15, 0.2) is 47.6 Å². The Morgan fingerprint density at radius 3 is 2.23 bits per heavy atom. The third-order valence-corrected chi connectivity index (χ3v) is 11.9. The zero-order chi connectivity index (χ0) is 35.3. The smallest absolute Gasteiger partial charge is 0.306 e. The molecule has 0 aromatic heterocycles. The lowest BCUT2D eigenvalue weighted by atomic mass is 9.59. The number of carbonyl (C=O) groups is 3. The minimum absolute atomic E-state index is 0.101. The van der Waals surface area contributed by atoms with Crippen molar-refractivity contribution in [2.24, 2.45) is 29.1 Å². The van der Waals surface area contributed by atoms with E-state index in [1.165, 1.54) is 32.6 Å². The number of hydrogen-bond acceptors (Lipinski definition) is 8. The van der Waals surface area contributed by atoms with Crippen LogP contribution in [0.5, 0.6) is 0 Å². The largest absolute Gasteiger partial charge is 0.461 e. The Balaban J connectivity index is 1.32. The van der Waals surface area contributed by atoms with Crippen molar-refractivity contribution >= 4 is 17.7 Å². The van der Waals surface area contributed by atoms with Crippen molar-refractivity contribution < 1.29 is 39.2 Å². The molecule has 0 radical (unpaired) electrons. The molecule has 0 unspecified atom stereocenters. The van der Waals surface area contributed by atoms with E-state index < -0.39 is 63.7 Å². The minimum atomic E-state index is -1.94. The lowest BCUT2D eigenvalue weighted by Gasteiger charge is -2.52. The molecule has 4 aliphatic rings. The zero-order valence-electron chi connectivity index (χ0n) is 30.1. The summed E-state index contributed by atoms with van der Waals surface area (Å²) in [6.07, 6.45) is 23.4. The number of aliphatic hydroxyl groups excluding tert-OH is 1. The van der Waals surface area contributed by atoms with Crippen molar-refractivity contribution in [2.75, 3.05) is 6.61 Å². The van der Waals surface area contributed by atoms with Crippen molar-refractivity contribution in [3.05, 3.63) is 47.6 Å². The molecule has 0 heterocycles. The highest BCUT2D eigenvalue weighted by atomic mass is 16.6. The topological polar surface area (TPSA) is 130 Å². The van der Waals surface area contributed by atoms with Crippen LogP contribution in [-0.2, 0) is 23.9 Å². The molecular weight excluding hydrogens is 608 g/mol. The van der Waals surface area contributed by atoms with Gasteiger partial charge in [0.05, 0.1) is 11.7 Å². The number of ketones is 1. The molecule has 8 heteroatoms. The van der Waals surface area contributed by atoms with Gasteiger partial charge in [-0.15, -0.1) is 0 Å². The fourth-order valence-electron chi connectivity index (χ4n) is 9.22. The molecule has 8 atom stereocenters. The van der Waals surface area contributed by atoms with Gasteiger partial charge in [0.1, 0.15) is 17.8 Å². The van der Waals surface area contributed by atoms with Gasteiger partial charge in [-0.25, -0.2) is 0 Å². The summed E-state index contributed by atoms with van der Waals surface area (Å²) in [5.74, 6) is -4.32. The molecule has 0 spiro atoms. The molecule has 0 aromatic rings. The van der Waals surface area contributed by atoms with Gasteiger partial charge < -0.3 is 24.8 Å². The maximum absolute atomic E-state index is 13.4. The molecule has 2 saturated carbocycles. The first-order valence-electron chi connectivity index (χ1n) is 18.4. The van der Waals surface area contributed by atoms with Gasteiger partial charge in [-0.1, -0.05) is 96.3 Å². The van der Waals surface area contributed by atoms with Crippen LogP contribution in [0.4, 0.5) is 0 Å². The van der Waals surface area contributed by atoms with E-state index in [1.807, 2.05) is 19.9 Å². The zero-order valence-corrected chi connectivity index (χ0v) is 30.1. The minimum Gasteiger partial charge on any atom is -0.461 e. The summed E-state index contributed by atoms with van der Waals surface area (Å²) in [5.41, 5.74) is -4.68. The molecule has 0 aromatic carbocycles. The first-order valence-corrected chi connectivity index (χ1v) is 18.4. The summed E-state index contributed by atoms with van der Waals surface area (Å²) in [4.78, 5) is 38.4. The average molecular weight is 669 g/mol. The average Bonchev–Trinajstić information content (AvgIpc) is 3.46. The van der Waals surface area contributed by atoms with Gasteiger partial charge in [0, 0.05) is 48.9 Å². The van der Waals surface area contributed by atoms with E-state index in [-0.39, 0.29) is 25.4 Å². The van der Waals surface area contributed by atoms with Crippen LogP contribution in [-0.4, -0.2) is 62.6 Å². The van der Waals surface area contributed by atoms with Crippen LogP contribution < -0.4 is 0 Å². The summed E-state index contributed by atoms with van der Waals surface area (Å²) in [5, 5.41) is 36.1. The van der Waals surface area contributed by atoms with E-state index in [4.69, 9.17) is 9.47 Å². The quantitative estimate of drug-likeness (QED) is 0.0871. The van der Waals surface area contributed by atoms with Crippen LogP contribution in [0, 0.1) is 29.1 Å². The lowest BCUT2D eigenvalue weighted by Crippen LogP contribution is -2.65. The Kier molecular flexibility index (Phi) is 12.4. The highest BCUT2D eigenvalue weighted by Crippen LogP contribution is 2.76. The van der Waals surface area contributed by atoms with E-state index in [1.54, 1.807) is 19.9 Å². The van der Waals surface area contributed by atoms with E-state index in [9.17, 15) is 29.7 Å². The van der Waals surface area contributed by atoms with Crippen molar-refractivity contribution in [3.63, 3.8) is 0 Å². The van der Waals surface area contributed by atoms with Gasteiger partial charge in [-0.2, -0.15) is 0 Å². The number of unbranched alkanes of at least 4 members (excludes halogenated alkanes) is 8. The Morgan fingerprint density at radius 1 is 0.958 bits per heavy atom. The molecule has 0 bridgehead atoms. The molecule has 3 N–H and O–H groups in total. The monoisotopic (exact) mass is 668 g/mol. The highest BCUT2D eigenvalue weighted by molar-refractivity contribution is 6.04. The molecule has 268 valence electrons. The van der Waals surface area contributed by atoms with E-state index >= 15 is 0 Å². The van der Waals surface area contributed by atoms with E-state index in [2.05, 4.69) is 31.2 Å². The number of fused-ring (bicyclic) bond motifs is 5. The SMILES string of the molecule is CCCCCC=CCC=CCCCCCCCC(=O)OCC1=C[C@H]2[C@@H]3C(C)(C)[C@]3(OC(C)=O)[C@H](O)[C@@H](C)[C@]2(O)[C@@H]2C=C(C)C(=O)[C@@]2(O)C1. The predicted molar refractivity (Wildman–Crippen MR) is 186 cm³/mol. The molecule has 4 aliphatic carbocycles. The van der Waals surface area contributed by atoms with Crippen molar-refractivity contribution in [3.8, 4) is 0 Å². The molecule has 0 aliphatic heterocycles. The normalized spacial score (nSPS) is 35.0. The molecule has 2 fully saturated rings. The van der Waals surface area contributed by atoms with E-state index in [0.29, 0.717) is 11.1 Å². The summed E-state index contributed by atoms with van der Waals surface area (Å²) in [6.45, 7) is 10.5. The Hall–Kier alpha value is -2.55. The van der Waals surface area contributed by atoms with Gasteiger partial charge in [-0.3, -0.25) is 14.4 Å². The Labute approximate surface area is 287 Å². The summed E-state index contributed by atoms with van der Waals surface area (Å²) >= 11 is 0. The molecule has 8 nitrogen and oxygen atoms in total. The maximum atomic E-state index is 13.4. The summed E-state index contributed by atoms with van der Waals surface area (Å²) < 4.78 is 11.5. The Morgan fingerprint density at radius 2 is 1.58 bits per heavy atom. The van der Waals surface area contributed by atoms with E-state index in [0.717, 1.165) is 44.9 Å². The second kappa shape index (κ2) is 15.6. The standard InChI is InChI=1S/C40H60O8/c1-7-8-9-10-11-12-13-14-15-16-17-18-19-20-21-22-33(42)47-26-30-24-31-34-37(5,6)40(34,48-29(4)41)36(44)28(3)39(31,46)32-23-27(2)35(43)38(32,45)25-30/h11-12,14-15,23-24,28,31-32,34,36,44-46H,7-10,13,16-22,25-26H2,1-6H3/t28-,31+,32-,34-,36-,38-,39-,40-/m1/s1. The number of Topliss-reactive ketones (excluding diaryl/α,β-unsaturated/α-hetero) is 1. The number of carbonyl (C=O) groups excluding carboxylic acids is 3. The molecule has 48 heavy (non-hydrogen) atoms. The molecule has 0 saturated heterocycles. The number of ether oxygens (including phenoxy) is 2. The van der Waals surface area contributed by atoms with Gasteiger partial charge >= 0.3 is 11.9 Å². The molecular formula is C40H60O8. The maximum Gasteiger partial charge on any atom is 0.306 e. The predicted octanol–water partition coefficient (Wildman–Crippen LogP) is 6.87. The van der Waals surface area contributed by atoms with Gasteiger partial charge in [0.2, 0.25) is 0 Å². The number of esters is 2. The lowest BCUT2D eigenvalue weighted by molar-refractivity contribution is -0.218. The molecule has 0 amide bonds. The summed E-state index contributed by atoms with van der Waals surface area (Å²) in [7, 11) is 0. The van der Waals surface area contributed by atoms with Crippen LogP contribution >= 0.6 is 0 Å². The third-order valence-electron chi connectivity index (χ3n) is 11.9. The van der Waals surface area contributed by atoms with Crippen LogP contribution in [0.2, 0.25) is 0 Å². The molecule has 4 rings (SSSR count). The number of rotatable bonds is 17. The van der Waals surface area contributed by atoms with Gasteiger partial charge in [0.25, 0.3) is 0 Å². The number of hydrogen-bond donors (Lipinski definition) is 3. The number of allylic oxidation sites excluding steroid dienone is 4. The second-order valence-corrected chi connectivity index (χ2v) is 15.5. The third kappa shape index (κ3) is 7.18. The van der Waals surface area contributed by atoms with Gasteiger partial charge in [-0.05, 0) is 56.6 Å². The fourth-order valence-corrected chi connectivity index (χ4v) is 9.22. The van der Waals surface area contributed by atoms with Crippen molar-refractivity contribution in [1.82, 2.24) is 0 Å². The van der Waals surface area contributed by atoms with Crippen LogP contribution in [0.25, 0.3) is 0 Å². The van der Waals surface area contributed by atoms with Crippen molar-refractivity contribution in [1.29, 1.82) is 0 Å². The number of aliphatic hydroxyl groups is 3. The highest BCUT2D eigenvalue weighted by Gasteiger charge is 2.86. The van der Waals surface area contributed by atoms with Crippen LogP contribution in [0.3, 0.4) is 0 Å². The second-order valence-electron chi connectivity index (χ2n) is 15.5. The van der Waals surface area contributed by atoms with Gasteiger partial charge in [0.15, 0.2) is 5.78 Å². The first kappa shape index (κ1) is 38.3. The first-order chi connectivity index (χ1) is 22.7. The Bertz CT molecular complexity index is 1310. The van der Waals surface area contributed by atoms with Crippen molar-refractivity contribution in [2.45, 2.75) is 148 Å². The van der Waals surface area contributed by atoms with Crippen LogP contribution in [0.1, 0.15) is 125 Å². The summed E-state index contributed by atoms with van der Waals surface area (Å²) in [6, 6.07) is 0. The fraction of sp³-hybridized carbons (Fsp3) is 0.725.